The fourth-order valence-electron chi connectivity index (χ4n) is 4.54. The van der Waals surface area contributed by atoms with Crippen molar-refractivity contribution in [2.45, 2.75) is 38.5 Å². The predicted molar refractivity (Wildman–Crippen MR) is 134 cm³/mol. The van der Waals surface area contributed by atoms with Gasteiger partial charge in [-0.05, 0) is 37.6 Å². The van der Waals surface area contributed by atoms with E-state index in [0.717, 1.165) is 36.1 Å². The summed E-state index contributed by atoms with van der Waals surface area (Å²) < 4.78 is 5.78. The van der Waals surface area contributed by atoms with Gasteiger partial charge < -0.3 is 20.4 Å². The van der Waals surface area contributed by atoms with Gasteiger partial charge in [0, 0.05) is 49.7 Å². The van der Waals surface area contributed by atoms with E-state index in [9.17, 15) is 9.59 Å². The van der Waals surface area contributed by atoms with Crippen LogP contribution in [-0.4, -0.2) is 66.1 Å². The van der Waals surface area contributed by atoms with Gasteiger partial charge in [-0.25, -0.2) is 0 Å². The minimum Gasteiger partial charge on any atom is -0.373 e. The smallest absolute Gasteiger partial charge is 0.253 e. The molecule has 2 amide bonds. The molecule has 3 unspecified atom stereocenters. The highest BCUT2D eigenvalue weighted by Crippen LogP contribution is 2.20. The second-order valence-electron chi connectivity index (χ2n) is 8.88. The molecule has 1 aliphatic heterocycles. The Morgan fingerprint density at radius 1 is 1.12 bits per heavy atom. The van der Waals surface area contributed by atoms with E-state index in [1.54, 1.807) is 24.3 Å². The largest absolute Gasteiger partial charge is 0.373 e. The summed E-state index contributed by atoms with van der Waals surface area (Å²) in [6.45, 7) is 7.00. The van der Waals surface area contributed by atoms with Gasteiger partial charge in [0.25, 0.3) is 5.91 Å². The summed E-state index contributed by atoms with van der Waals surface area (Å²) in [6.07, 6.45) is 2.59. The zero-order valence-corrected chi connectivity index (χ0v) is 20.3. The highest BCUT2D eigenvalue weighted by atomic mass is 35.5. The van der Waals surface area contributed by atoms with Crippen LogP contribution in [0.25, 0.3) is 10.9 Å². The number of nitrogens with one attached hydrogen (secondary N) is 3. The molecule has 8 heteroatoms. The first kappa shape index (κ1) is 24.3. The van der Waals surface area contributed by atoms with Gasteiger partial charge in [0.2, 0.25) is 5.91 Å². The van der Waals surface area contributed by atoms with Crippen molar-refractivity contribution in [2.24, 2.45) is 0 Å². The standard InChI is InChI=1S/C26H31ClN4O3/c1-17-15-31(16-18(2)34-17)12-11-28-26(33)24(30-25(32)21-8-3-5-9-22(21)27)13-19-14-29-23-10-6-4-7-20(19)23/h3-10,14,17-18,24,29H,11-13,15-16H2,1-2H3,(H,28,33)(H,30,32). The average molecular weight is 483 g/mol. The number of fused-ring (bicyclic) bond motifs is 1. The number of aromatic nitrogens is 1. The van der Waals surface area contributed by atoms with Crippen molar-refractivity contribution < 1.29 is 14.3 Å². The third-order valence-corrected chi connectivity index (χ3v) is 6.39. The molecule has 3 atom stereocenters. The third kappa shape index (κ3) is 5.97. The van der Waals surface area contributed by atoms with Crippen LogP contribution in [0.15, 0.2) is 54.7 Å². The van der Waals surface area contributed by atoms with E-state index in [-0.39, 0.29) is 24.0 Å². The van der Waals surface area contributed by atoms with Crippen LogP contribution >= 0.6 is 11.6 Å². The molecule has 1 fully saturated rings. The van der Waals surface area contributed by atoms with Crippen LogP contribution in [0, 0.1) is 0 Å². The molecule has 3 N–H and O–H groups in total. The molecular weight excluding hydrogens is 452 g/mol. The molecule has 0 bridgehead atoms. The lowest BCUT2D eigenvalue weighted by Gasteiger charge is -2.35. The van der Waals surface area contributed by atoms with Crippen molar-refractivity contribution in [3.05, 3.63) is 70.9 Å². The number of aromatic amines is 1. The lowest BCUT2D eigenvalue weighted by Crippen LogP contribution is -2.51. The summed E-state index contributed by atoms with van der Waals surface area (Å²) in [5, 5.41) is 7.29. The molecule has 1 aliphatic rings. The van der Waals surface area contributed by atoms with Gasteiger partial charge in [-0.2, -0.15) is 0 Å². The van der Waals surface area contributed by atoms with E-state index in [2.05, 4.69) is 34.4 Å². The van der Waals surface area contributed by atoms with Crippen molar-refractivity contribution in [2.75, 3.05) is 26.2 Å². The van der Waals surface area contributed by atoms with Crippen LogP contribution in [-0.2, 0) is 16.0 Å². The SMILES string of the molecule is CC1CN(CCNC(=O)C(Cc2c[nH]c3ccccc23)NC(=O)c2ccccc2Cl)CC(C)O1. The number of rotatable bonds is 8. The fraction of sp³-hybridized carbons (Fsp3) is 0.385. The first-order valence-electron chi connectivity index (χ1n) is 11.7. The number of benzene rings is 2. The van der Waals surface area contributed by atoms with Gasteiger partial charge in [0.1, 0.15) is 6.04 Å². The molecule has 0 saturated carbocycles. The maximum Gasteiger partial charge on any atom is 0.253 e. The summed E-state index contributed by atoms with van der Waals surface area (Å²) >= 11 is 6.21. The van der Waals surface area contributed by atoms with Gasteiger partial charge in [-0.3, -0.25) is 14.5 Å². The second-order valence-corrected chi connectivity index (χ2v) is 9.28. The van der Waals surface area contributed by atoms with E-state index in [1.807, 2.05) is 30.5 Å². The highest BCUT2D eigenvalue weighted by molar-refractivity contribution is 6.33. The van der Waals surface area contributed by atoms with E-state index < -0.39 is 6.04 Å². The molecule has 1 aromatic heterocycles. The van der Waals surface area contributed by atoms with E-state index in [1.165, 1.54) is 0 Å². The number of morpholine rings is 1. The van der Waals surface area contributed by atoms with Crippen LogP contribution in [0.1, 0.15) is 29.8 Å². The molecule has 0 spiro atoms. The fourth-order valence-corrected chi connectivity index (χ4v) is 4.76. The molecular formula is C26H31ClN4O3. The molecule has 4 rings (SSSR count). The van der Waals surface area contributed by atoms with Crippen LogP contribution in [0.5, 0.6) is 0 Å². The van der Waals surface area contributed by atoms with Gasteiger partial charge in [0.15, 0.2) is 0 Å². The highest BCUT2D eigenvalue weighted by Gasteiger charge is 2.25. The number of nitrogens with zero attached hydrogens (tertiary/aromatic N) is 1. The topological polar surface area (TPSA) is 86.5 Å². The van der Waals surface area contributed by atoms with Crippen molar-refractivity contribution in [3.8, 4) is 0 Å². The Labute approximate surface area is 204 Å². The van der Waals surface area contributed by atoms with Crippen molar-refractivity contribution in [1.29, 1.82) is 0 Å². The zero-order valence-electron chi connectivity index (χ0n) is 19.5. The Morgan fingerprint density at radius 3 is 2.59 bits per heavy atom. The Morgan fingerprint density at radius 2 is 1.82 bits per heavy atom. The van der Waals surface area contributed by atoms with Gasteiger partial charge in [0.05, 0.1) is 22.8 Å². The molecule has 7 nitrogen and oxygen atoms in total. The molecule has 2 aromatic carbocycles. The van der Waals surface area contributed by atoms with Crippen LogP contribution in [0.3, 0.4) is 0 Å². The average Bonchev–Trinajstić information content (AvgIpc) is 3.21. The predicted octanol–water partition coefficient (Wildman–Crippen LogP) is 3.39. The number of hydrogen-bond donors (Lipinski definition) is 3. The molecule has 2 heterocycles. The number of halogens is 1. The maximum atomic E-state index is 13.2. The molecule has 0 radical (unpaired) electrons. The van der Waals surface area contributed by atoms with Crippen molar-refractivity contribution in [1.82, 2.24) is 20.5 Å². The molecule has 34 heavy (non-hydrogen) atoms. The maximum absolute atomic E-state index is 13.2. The van der Waals surface area contributed by atoms with E-state index in [0.29, 0.717) is 23.6 Å². The zero-order chi connectivity index (χ0) is 24.1. The van der Waals surface area contributed by atoms with Crippen LogP contribution < -0.4 is 10.6 Å². The van der Waals surface area contributed by atoms with Crippen molar-refractivity contribution in [3.63, 3.8) is 0 Å². The van der Waals surface area contributed by atoms with Crippen LogP contribution in [0.4, 0.5) is 0 Å². The van der Waals surface area contributed by atoms with Crippen molar-refractivity contribution >= 4 is 34.3 Å². The number of ether oxygens (including phenoxy) is 1. The summed E-state index contributed by atoms with van der Waals surface area (Å²) in [7, 11) is 0. The Balaban J connectivity index is 1.45. The molecule has 180 valence electrons. The normalized spacial score (nSPS) is 19.6. The molecule has 1 saturated heterocycles. The minimum atomic E-state index is -0.745. The quantitative estimate of drug-likeness (QED) is 0.459. The monoisotopic (exact) mass is 482 g/mol. The minimum absolute atomic E-state index is 0.170. The number of para-hydroxylation sites is 1. The summed E-state index contributed by atoms with van der Waals surface area (Å²) in [6, 6.07) is 14.0. The number of hydrogen-bond acceptors (Lipinski definition) is 4. The van der Waals surface area contributed by atoms with Gasteiger partial charge in [-0.15, -0.1) is 0 Å². The molecule has 0 aliphatic carbocycles. The summed E-state index contributed by atoms with van der Waals surface area (Å²) in [5.41, 5.74) is 2.30. The van der Waals surface area contributed by atoms with E-state index in [4.69, 9.17) is 16.3 Å². The van der Waals surface area contributed by atoms with Crippen LogP contribution in [0.2, 0.25) is 5.02 Å². The Bertz CT molecular complexity index is 1140. The third-order valence-electron chi connectivity index (χ3n) is 6.06. The lowest BCUT2D eigenvalue weighted by molar-refractivity contribution is -0.123. The summed E-state index contributed by atoms with van der Waals surface area (Å²) in [5.74, 6) is -0.596. The number of amides is 2. The first-order chi connectivity index (χ1) is 16.4. The second kappa shape index (κ2) is 11.0. The Kier molecular flexibility index (Phi) is 7.88. The van der Waals surface area contributed by atoms with Gasteiger partial charge >= 0.3 is 0 Å². The number of carbonyl (C=O) groups excluding carboxylic acids is 2. The first-order valence-corrected chi connectivity index (χ1v) is 12.0. The lowest BCUT2D eigenvalue weighted by atomic mass is 10.0. The van der Waals surface area contributed by atoms with E-state index >= 15 is 0 Å². The van der Waals surface area contributed by atoms with Gasteiger partial charge in [-0.1, -0.05) is 41.9 Å². The summed E-state index contributed by atoms with van der Waals surface area (Å²) in [4.78, 5) is 31.7. The number of H-pyrrole nitrogens is 1. The Hall–Kier alpha value is -2.87. The molecule has 3 aromatic rings. The number of carbonyl (C=O) groups is 2.